The van der Waals surface area contributed by atoms with E-state index in [-0.39, 0.29) is 18.5 Å². The van der Waals surface area contributed by atoms with Crippen molar-refractivity contribution in [3.8, 4) is 0 Å². The van der Waals surface area contributed by atoms with Crippen LogP contribution in [0.5, 0.6) is 0 Å². The number of rotatable bonds is 8. The number of aryl methyl sites for hydroxylation is 1. The molecule has 1 aromatic heterocycles. The summed E-state index contributed by atoms with van der Waals surface area (Å²) in [7, 11) is -3.52. The monoisotopic (exact) mass is 468 g/mol. The summed E-state index contributed by atoms with van der Waals surface area (Å²) in [4.78, 5) is 19.1. The van der Waals surface area contributed by atoms with Crippen molar-refractivity contribution in [3.63, 3.8) is 0 Å². The zero-order valence-electron chi connectivity index (χ0n) is 18.5. The van der Waals surface area contributed by atoms with E-state index in [1.54, 1.807) is 35.3 Å². The van der Waals surface area contributed by atoms with Crippen LogP contribution in [0.3, 0.4) is 0 Å². The van der Waals surface area contributed by atoms with Crippen molar-refractivity contribution in [2.45, 2.75) is 24.4 Å². The van der Waals surface area contributed by atoms with Gasteiger partial charge in [0.15, 0.2) is 0 Å². The number of hydrogen-bond acceptors (Lipinski definition) is 6. The molecule has 0 spiro atoms. The molecule has 0 bridgehead atoms. The van der Waals surface area contributed by atoms with Gasteiger partial charge in [0, 0.05) is 26.2 Å². The van der Waals surface area contributed by atoms with Crippen LogP contribution in [0.2, 0.25) is 0 Å². The molecule has 9 nitrogen and oxygen atoms in total. The minimum Gasteiger partial charge on any atom is -0.346 e. The first-order valence-corrected chi connectivity index (χ1v) is 12.3. The second-order valence-corrected chi connectivity index (χ2v) is 10.1. The number of piperazine rings is 1. The lowest BCUT2D eigenvalue weighted by atomic mass is 10.1. The number of hydrogen-bond donors (Lipinski definition) is 1. The predicted octanol–water partition coefficient (Wildman–Crippen LogP) is 1.45. The molecule has 1 atom stereocenters. The first-order valence-electron chi connectivity index (χ1n) is 10.9. The molecule has 3 aromatic rings. The van der Waals surface area contributed by atoms with E-state index in [4.69, 9.17) is 0 Å². The van der Waals surface area contributed by atoms with Crippen molar-refractivity contribution in [1.82, 2.24) is 29.3 Å². The Balaban J connectivity index is 1.33. The highest BCUT2D eigenvalue weighted by atomic mass is 32.2. The SMILES string of the molecule is Cc1ccc(S(=O)(=O)N2CCN(CC(=O)NC(Cn3cncn3)c3ccccc3)CC2)cc1. The average Bonchev–Trinajstić information content (AvgIpc) is 3.33. The van der Waals surface area contributed by atoms with Gasteiger partial charge in [0.25, 0.3) is 0 Å². The lowest BCUT2D eigenvalue weighted by Gasteiger charge is -2.33. The number of sulfonamides is 1. The van der Waals surface area contributed by atoms with Gasteiger partial charge in [-0.1, -0.05) is 48.0 Å². The summed E-state index contributed by atoms with van der Waals surface area (Å²) in [6, 6.07) is 16.4. The summed E-state index contributed by atoms with van der Waals surface area (Å²) in [5.74, 6) is -0.112. The van der Waals surface area contributed by atoms with Crippen LogP contribution >= 0.6 is 0 Å². The van der Waals surface area contributed by atoms with Gasteiger partial charge in [-0.2, -0.15) is 9.40 Å². The molecular weight excluding hydrogens is 440 g/mol. The van der Waals surface area contributed by atoms with E-state index in [1.165, 1.54) is 10.6 Å². The zero-order chi connectivity index (χ0) is 23.3. The van der Waals surface area contributed by atoms with Gasteiger partial charge in [-0.15, -0.1) is 0 Å². The summed E-state index contributed by atoms with van der Waals surface area (Å²) in [5.41, 5.74) is 2.00. The molecular formula is C23H28N6O3S. The molecule has 1 amide bonds. The second-order valence-electron chi connectivity index (χ2n) is 8.14. The number of carbonyl (C=O) groups is 1. The van der Waals surface area contributed by atoms with Crippen molar-refractivity contribution in [2.24, 2.45) is 0 Å². The quantitative estimate of drug-likeness (QED) is 0.537. The third kappa shape index (κ3) is 5.84. The average molecular weight is 469 g/mol. The molecule has 1 unspecified atom stereocenters. The first-order chi connectivity index (χ1) is 15.9. The Bertz CT molecular complexity index is 1140. The van der Waals surface area contributed by atoms with Gasteiger partial charge in [-0.05, 0) is 24.6 Å². The highest BCUT2D eigenvalue weighted by Gasteiger charge is 2.29. The van der Waals surface area contributed by atoms with Gasteiger partial charge in [-0.25, -0.2) is 13.4 Å². The second kappa shape index (κ2) is 10.2. The third-order valence-electron chi connectivity index (χ3n) is 5.73. The number of nitrogens with one attached hydrogen (secondary N) is 1. The van der Waals surface area contributed by atoms with E-state index in [0.29, 0.717) is 37.6 Å². The molecule has 2 aromatic carbocycles. The standard InChI is InChI=1S/C23H28N6O3S/c1-19-7-9-21(10-8-19)33(31,32)29-13-11-27(12-14-29)16-23(30)26-22(15-28-18-24-17-25-28)20-5-3-2-4-6-20/h2-10,17-18,22H,11-16H2,1H3,(H,26,30). The molecule has 0 radical (unpaired) electrons. The van der Waals surface area contributed by atoms with Crippen LogP contribution in [0.4, 0.5) is 0 Å². The van der Waals surface area contributed by atoms with E-state index in [9.17, 15) is 13.2 Å². The van der Waals surface area contributed by atoms with Crippen molar-refractivity contribution >= 4 is 15.9 Å². The maximum absolute atomic E-state index is 12.9. The molecule has 1 fully saturated rings. The molecule has 1 N–H and O–H groups in total. The largest absolute Gasteiger partial charge is 0.346 e. The smallest absolute Gasteiger partial charge is 0.243 e. The van der Waals surface area contributed by atoms with Gasteiger partial charge in [0.1, 0.15) is 12.7 Å². The predicted molar refractivity (Wildman–Crippen MR) is 124 cm³/mol. The topological polar surface area (TPSA) is 100 Å². The van der Waals surface area contributed by atoms with Crippen molar-refractivity contribution in [3.05, 3.63) is 78.4 Å². The third-order valence-corrected chi connectivity index (χ3v) is 7.64. The van der Waals surface area contributed by atoms with Gasteiger partial charge in [0.05, 0.1) is 24.0 Å². The lowest BCUT2D eigenvalue weighted by Crippen LogP contribution is -2.51. The number of amides is 1. The molecule has 1 aliphatic rings. The van der Waals surface area contributed by atoms with Crippen molar-refractivity contribution in [1.29, 1.82) is 0 Å². The summed E-state index contributed by atoms with van der Waals surface area (Å²) in [6.07, 6.45) is 3.09. The molecule has 1 aliphatic heterocycles. The minimum absolute atomic E-state index is 0.112. The minimum atomic E-state index is -3.52. The summed E-state index contributed by atoms with van der Waals surface area (Å²) < 4.78 is 29.0. The lowest BCUT2D eigenvalue weighted by molar-refractivity contribution is -0.123. The molecule has 1 saturated heterocycles. The maximum atomic E-state index is 12.9. The summed E-state index contributed by atoms with van der Waals surface area (Å²) in [6.45, 7) is 4.30. The zero-order valence-corrected chi connectivity index (χ0v) is 19.4. The Morgan fingerprint density at radius 3 is 2.36 bits per heavy atom. The van der Waals surface area contributed by atoms with Crippen LogP contribution in [-0.2, 0) is 21.4 Å². The van der Waals surface area contributed by atoms with E-state index in [0.717, 1.165) is 11.1 Å². The van der Waals surface area contributed by atoms with Crippen LogP contribution < -0.4 is 5.32 Å². The van der Waals surface area contributed by atoms with E-state index >= 15 is 0 Å². The van der Waals surface area contributed by atoms with Crippen LogP contribution in [0, 0.1) is 6.92 Å². The van der Waals surface area contributed by atoms with Gasteiger partial charge >= 0.3 is 0 Å². The van der Waals surface area contributed by atoms with Crippen LogP contribution in [0.1, 0.15) is 17.2 Å². The number of aromatic nitrogens is 3. The summed E-state index contributed by atoms with van der Waals surface area (Å²) in [5, 5.41) is 7.24. The molecule has 174 valence electrons. The fourth-order valence-electron chi connectivity index (χ4n) is 3.86. The molecule has 2 heterocycles. The van der Waals surface area contributed by atoms with Gasteiger partial charge < -0.3 is 5.32 Å². The highest BCUT2D eigenvalue weighted by Crippen LogP contribution is 2.19. The highest BCUT2D eigenvalue weighted by molar-refractivity contribution is 7.89. The van der Waals surface area contributed by atoms with E-state index in [1.807, 2.05) is 42.2 Å². The fourth-order valence-corrected chi connectivity index (χ4v) is 5.29. The Morgan fingerprint density at radius 1 is 1.03 bits per heavy atom. The Hall–Kier alpha value is -3.08. The van der Waals surface area contributed by atoms with Crippen LogP contribution in [0.25, 0.3) is 0 Å². The molecule has 0 saturated carbocycles. The molecule has 10 heteroatoms. The van der Waals surface area contributed by atoms with Crippen molar-refractivity contribution < 1.29 is 13.2 Å². The fraction of sp³-hybridized carbons (Fsp3) is 0.348. The molecule has 4 rings (SSSR count). The number of carbonyl (C=O) groups excluding carboxylic acids is 1. The normalized spacial score (nSPS) is 16.4. The van der Waals surface area contributed by atoms with Gasteiger partial charge in [-0.3, -0.25) is 14.4 Å². The van der Waals surface area contributed by atoms with Crippen molar-refractivity contribution in [2.75, 3.05) is 32.7 Å². The first kappa shape index (κ1) is 23.1. The Kier molecular flexibility index (Phi) is 7.17. The summed E-state index contributed by atoms with van der Waals surface area (Å²) >= 11 is 0. The maximum Gasteiger partial charge on any atom is 0.243 e. The van der Waals surface area contributed by atoms with Gasteiger partial charge in [0.2, 0.25) is 15.9 Å². The Morgan fingerprint density at radius 2 is 1.73 bits per heavy atom. The molecule has 33 heavy (non-hydrogen) atoms. The number of nitrogens with zero attached hydrogens (tertiary/aromatic N) is 5. The van der Waals surface area contributed by atoms with E-state index < -0.39 is 10.0 Å². The van der Waals surface area contributed by atoms with Crippen LogP contribution in [0.15, 0.2) is 72.1 Å². The number of benzene rings is 2. The molecule has 0 aliphatic carbocycles. The van der Waals surface area contributed by atoms with E-state index in [2.05, 4.69) is 15.4 Å². The Labute approximate surface area is 194 Å². The van der Waals surface area contributed by atoms with Crippen LogP contribution in [-0.4, -0.2) is 71.0 Å².